The van der Waals surface area contributed by atoms with E-state index in [2.05, 4.69) is 5.32 Å². The molecule has 2 rings (SSSR count). The van der Waals surface area contributed by atoms with Gasteiger partial charge in [-0.25, -0.2) is 0 Å². The summed E-state index contributed by atoms with van der Waals surface area (Å²) in [4.78, 5) is 1.19. The Morgan fingerprint density at radius 1 is 1.24 bits per heavy atom. The van der Waals surface area contributed by atoms with Gasteiger partial charge in [-0.2, -0.15) is 0 Å². The van der Waals surface area contributed by atoms with Gasteiger partial charge in [-0.05, 0) is 31.3 Å². The predicted octanol–water partition coefficient (Wildman–Crippen LogP) is 3.74. The molecule has 1 unspecified atom stereocenters. The summed E-state index contributed by atoms with van der Waals surface area (Å²) < 4.78 is 6.53. The molecule has 0 spiro atoms. The Kier molecular flexibility index (Phi) is 4.42. The first-order chi connectivity index (χ1) is 8.29. The van der Waals surface area contributed by atoms with E-state index >= 15 is 0 Å². The van der Waals surface area contributed by atoms with E-state index in [0.717, 1.165) is 10.1 Å². The maximum Gasteiger partial charge on any atom is 0.119 e. The van der Waals surface area contributed by atoms with E-state index in [1.54, 1.807) is 11.3 Å². The number of benzene rings is 1. The fourth-order valence-electron chi connectivity index (χ4n) is 1.52. The predicted molar refractivity (Wildman–Crippen MR) is 73.1 cm³/mol. The molecule has 1 N–H and O–H groups in total. The molecule has 1 atom stereocenters. The van der Waals surface area contributed by atoms with Crippen molar-refractivity contribution in [2.24, 2.45) is 0 Å². The van der Waals surface area contributed by atoms with Crippen LogP contribution in [-0.4, -0.2) is 13.7 Å². The Morgan fingerprint density at radius 2 is 2.00 bits per heavy atom. The second kappa shape index (κ2) is 6.05. The molecule has 0 aliphatic carbocycles. The molecule has 0 saturated carbocycles. The monoisotopic (exact) mass is 267 g/mol. The second-order valence-electron chi connectivity index (χ2n) is 3.61. The average Bonchev–Trinajstić information content (AvgIpc) is 2.78. The third kappa shape index (κ3) is 3.46. The maximum absolute atomic E-state index is 5.93. The van der Waals surface area contributed by atoms with Crippen molar-refractivity contribution in [3.8, 4) is 5.75 Å². The van der Waals surface area contributed by atoms with Gasteiger partial charge in [0.25, 0.3) is 0 Å². The number of hydrogen-bond donors (Lipinski definition) is 1. The minimum absolute atomic E-state index is 0.174. The van der Waals surface area contributed by atoms with Crippen molar-refractivity contribution in [1.82, 2.24) is 5.32 Å². The number of nitrogens with one attached hydrogen (secondary N) is 1. The van der Waals surface area contributed by atoms with Crippen LogP contribution in [-0.2, 0) is 0 Å². The average molecular weight is 268 g/mol. The zero-order chi connectivity index (χ0) is 12.1. The largest absolute Gasteiger partial charge is 0.492 e. The first-order valence-electron chi connectivity index (χ1n) is 5.40. The lowest BCUT2D eigenvalue weighted by Gasteiger charge is -2.15. The normalized spacial score (nSPS) is 12.4. The SMILES string of the molecule is CNC(COc1ccccc1)c1ccc(Cl)s1. The Morgan fingerprint density at radius 3 is 2.59 bits per heavy atom. The molecule has 2 aromatic rings. The summed E-state index contributed by atoms with van der Waals surface area (Å²) in [5, 5.41) is 3.23. The van der Waals surface area contributed by atoms with Crippen LogP contribution in [0.3, 0.4) is 0 Å². The molecule has 1 aromatic carbocycles. The van der Waals surface area contributed by atoms with E-state index in [9.17, 15) is 0 Å². The number of rotatable bonds is 5. The molecule has 1 heterocycles. The zero-order valence-corrected chi connectivity index (χ0v) is 11.1. The lowest BCUT2D eigenvalue weighted by Crippen LogP contribution is -2.22. The number of para-hydroxylation sites is 1. The van der Waals surface area contributed by atoms with Gasteiger partial charge in [0.1, 0.15) is 12.4 Å². The van der Waals surface area contributed by atoms with Crippen LogP contribution in [0.15, 0.2) is 42.5 Å². The summed E-state index contributed by atoms with van der Waals surface area (Å²) in [6.07, 6.45) is 0. The number of likely N-dealkylation sites (N-methyl/N-ethyl adjacent to an activating group) is 1. The number of halogens is 1. The summed E-state index contributed by atoms with van der Waals surface area (Å²) in [5.74, 6) is 0.885. The molecule has 0 fully saturated rings. The van der Waals surface area contributed by atoms with Crippen LogP contribution in [0.4, 0.5) is 0 Å². The Bertz CT molecular complexity index is 457. The van der Waals surface area contributed by atoms with Crippen molar-refractivity contribution in [3.05, 3.63) is 51.7 Å². The molecular weight excluding hydrogens is 254 g/mol. The molecule has 0 bridgehead atoms. The summed E-state index contributed by atoms with van der Waals surface area (Å²) in [6.45, 7) is 0.595. The Hall–Kier alpha value is -1.03. The molecule has 2 nitrogen and oxygen atoms in total. The van der Waals surface area contributed by atoms with Gasteiger partial charge < -0.3 is 10.1 Å². The van der Waals surface area contributed by atoms with E-state index in [1.807, 2.05) is 49.5 Å². The molecule has 0 saturated heterocycles. The van der Waals surface area contributed by atoms with Crippen LogP contribution >= 0.6 is 22.9 Å². The minimum Gasteiger partial charge on any atom is -0.492 e. The molecule has 0 radical (unpaired) electrons. The van der Waals surface area contributed by atoms with E-state index in [1.165, 1.54) is 4.88 Å². The highest BCUT2D eigenvalue weighted by atomic mass is 35.5. The highest BCUT2D eigenvalue weighted by Crippen LogP contribution is 2.27. The smallest absolute Gasteiger partial charge is 0.119 e. The van der Waals surface area contributed by atoms with Gasteiger partial charge in [-0.3, -0.25) is 0 Å². The van der Waals surface area contributed by atoms with Crippen LogP contribution in [0.2, 0.25) is 4.34 Å². The topological polar surface area (TPSA) is 21.3 Å². The fraction of sp³-hybridized carbons (Fsp3) is 0.231. The molecule has 17 heavy (non-hydrogen) atoms. The number of thiophene rings is 1. The van der Waals surface area contributed by atoms with Crippen molar-refractivity contribution >= 4 is 22.9 Å². The summed E-state index contributed by atoms with van der Waals surface area (Å²) >= 11 is 7.51. The highest BCUT2D eigenvalue weighted by molar-refractivity contribution is 7.16. The van der Waals surface area contributed by atoms with Crippen LogP contribution in [0.1, 0.15) is 10.9 Å². The maximum atomic E-state index is 5.93. The standard InChI is InChI=1S/C13H14ClNOS/c1-15-11(12-7-8-13(14)17-12)9-16-10-5-3-2-4-6-10/h2-8,11,15H,9H2,1H3. The fourth-order valence-corrected chi connectivity index (χ4v) is 2.68. The van der Waals surface area contributed by atoms with E-state index in [4.69, 9.17) is 16.3 Å². The van der Waals surface area contributed by atoms with Gasteiger partial charge in [0.2, 0.25) is 0 Å². The lowest BCUT2D eigenvalue weighted by molar-refractivity contribution is 0.275. The van der Waals surface area contributed by atoms with Gasteiger partial charge in [-0.1, -0.05) is 29.8 Å². The molecule has 0 aliphatic rings. The Labute approximate surface area is 110 Å². The summed E-state index contributed by atoms with van der Waals surface area (Å²) in [6, 6.07) is 13.9. The summed E-state index contributed by atoms with van der Waals surface area (Å²) in [5.41, 5.74) is 0. The third-order valence-electron chi connectivity index (χ3n) is 2.45. The van der Waals surface area contributed by atoms with Crippen molar-refractivity contribution in [2.75, 3.05) is 13.7 Å². The van der Waals surface area contributed by atoms with Gasteiger partial charge in [0.05, 0.1) is 10.4 Å². The Balaban J connectivity index is 1.97. The van der Waals surface area contributed by atoms with Crippen molar-refractivity contribution in [3.63, 3.8) is 0 Å². The van der Waals surface area contributed by atoms with Gasteiger partial charge in [-0.15, -0.1) is 11.3 Å². The molecular formula is C13H14ClNOS. The number of ether oxygens (including phenoxy) is 1. The van der Waals surface area contributed by atoms with Crippen LogP contribution in [0, 0.1) is 0 Å². The first kappa shape index (κ1) is 12.4. The molecule has 0 amide bonds. The van der Waals surface area contributed by atoms with Gasteiger partial charge in [0, 0.05) is 4.88 Å². The highest BCUT2D eigenvalue weighted by Gasteiger charge is 2.12. The van der Waals surface area contributed by atoms with Gasteiger partial charge >= 0.3 is 0 Å². The molecule has 0 aliphatic heterocycles. The van der Waals surface area contributed by atoms with E-state index < -0.39 is 0 Å². The van der Waals surface area contributed by atoms with Crippen LogP contribution in [0.25, 0.3) is 0 Å². The van der Waals surface area contributed by atoms with E-state index in [-0.39, 0.29) is 6.04 Å². The number of hydrogen-bond acceptors (Lipinski definition) is 3. The van der Waals surface area contributed by atoms with Crippen LogP contribution in [0.5, 0.6) is 5.75 Å². The van der Waals surface area contributed by atoms with Gasteiger partial charge in [0.15, 0.2) is 0 Å². The molecule has 1 aromatic heterocycles. The second-order valence-corrected chi connectivity index (χ2v) is 5.35. The summed E-state index contributed by atoms with van der Waals surface area (Å²) in [7, 11) is 1.92. The van der Waals surface area contributed by atoms with Crippen LogP contribution < -0.4 is 10.1 Å². The van der Waals surface area contributed by atoms with Crippen molar-refractivity contribution < 1.29 is 4.74 Å². The molecule has 4 heteroatoms. The minimum atomic E-state index is 0.174. The third-order valence-corrected chi connectivity index (χ3v) is 3.79. The zero-order valence-electron chi connectivity index (χ0n) is 9.52. The van der Waals surface area contributed by atoms with Crippen molar-refractivity contribution in [2.45, 2.75) is 6.04 Å². The molecule has 90 valence electrons. The lowest BCUT2D eigenvalue weighted by atomic mass is 10.2. The van der Waals surface area contributed by atoms with Crippen molar-refractivity contribution in [1.29, 1.82) is 0 Å². The first-order valence-corrected chi connectivity index (χ1v) is 6.59. The quantitative estimate of drug-likeness (QED) is 0.891. The van der Waals surface area contributed by atoms with E-state index in [0.29, 0.717) is 6.61 Å².